The molecule has 1 aliphatic rings. The Labute approximate surface area is 180 Å². The number of hydrogen-bond acceptors (Lipinski definition) is 9. The van der Waals surface area contributed by atoms with Gasteiger partial charge in [-0.15, -0.1) is 5.11 Å². The molecule has 1 N–H and O–H groups in total. The number of ether oxygens (including phenoxy) is 2. The van der Waals surface area contributed by atoms with Crippen molar-refractivity contribution in [2.75, 3.05) is 39.5 Å². The summed E-state index contributed by atoms with van der Waals surface area (Å²) < 4.78 is 12.9. The van der Waals surface area contributed by atoms with Crippen molar-refractivity contribution in [1.82, 2.24) is 24.4 Å². The van der Waals surface area contributed by atoms with Crippen molar-refractivity contribution in [2.24, 2.45) is 10.2 Å². The van der Waals surface area contributed by atoms with Gasteiger partial charge in [-0.2, -0.15) is 15.1 Å². The number of aromatic nitrogens is 4. The molecule has 0 radical (unpaired) electrons. The molecular weight excluding hydrogens is 398 g/mol. The maximum absolute atomic E-state index is 9.98. The summed E-state index contributed by atoms with van der Waals surface area (Å²) in [6.45, 7) is 6.70. The van der Waals surface area contributed by atoms with Gasteiger partial charge >= 0.3 is 6.01 Å². The van der Waals surface area contributed by atoms with Crippen molar-refractivity contribution in [3.05, 3.63) is 54.1 Å². The number of aromatic hydroxyl groups is 1. The zero-order chi connectivity index (χ0) is 21.5. The van der Waals surface area contributed by atoms with Gasteiger partial charge < -0.3 is 14.6 Å². The molecule has 0 atom stereocenters. The maximum Gasteiger partial charge on any atom is 0.320 e. The van der Waals surface area contributed by atoms with E-state index in [1.54, 1.807) is 35.4 Å². The molecule has 0 unspecified atom stereocenters. The largest absolute Gasteiger partial charge is 0.508 e. The van der Waals surface area contributed by atoms with Crippen LogP contribution in [0, 0.1) is 6.92 Å². The number of azo groups is 1. The van der Waals surface area contributed by atoms with Gasteiger partial charge in [-0.25, -0.2) is 4.98 Å². The van der Waals surface area contributed by atoms with Crippen LogP contribution in [0.25, 0.3) is 5.82 Å². The molecule has 1 aromatic carbocycles. The van der Waals surface area contributed by atoms with Gasteiger partial charge in [0, 0.05) is 43.7 Å². The highest BCUT2D eigenvalue weighted by Crippen LogP contribution is 2.21. The number of phenols is 1. The van der Waals surface area contributed by atoms with Crippen LogP contribution in [0.3, 0.4) is 0 Å². The second-order valence-electron chi connectivity index (χ2n) is 7.17. The number of rotatable bonds is 8. The van der Waals surface area contributed by atoms with E-state index in [0.717, 1.165) is 38.4 Å². The third-order valence-electron chi connectivity index (χ3n) is 4.84. The van der Waals surface area contributed by atoms with Gasteiger partial charge in [0.05, 0.1) is 19.8 Å². The van der Waals surface area contributed by atoms with Crippen LogP contribution in [0.5, 0.6) is 11.8 Å². The van der Waals surface area contributed by atoms with Crippen LogP contribution in [0.15, 0.2) is 53.2 Å². The minimum atomic E-state index is 0.193. The van der Waals surface area contributed by atoms with Crippen molar-refractivity contribution >= 4 is 5.82 Å². The number of phenolic OH excluding ortho intramolecular Hbond substituents is 1. The highest BCUT2D eigenvalue weighted by Gasteiger charge is 2.12. The summed E-state index contributed by atoms with van der Waals surface area (Å²) in [7, 11) is 0. The van der Waals surface area contributed by atoms with Crippen LogP contribution in [-0.2, 0) is 11.3 Å². The number of nitrogens with zero attached hydrogens (tertiary/aromatic N) is 7. The average Bonchev–Trinajstić information content (AvgIpc) is 3.32. The molecular formula is C21H25N7O3. The summed E-state index contributed by atoms with van der Waals surface area (Å²) in [5.74, 6) is 1.15. The highest BCUT2D eigenvalue weighted by molar-refractivity contribution is 5.38. The van der Waals surface area contributed by atoms with E-state index >= 15 is 0 Å². The summed E-state index contributed by atoms with van der Waals surface area (Å²) >= 11 is 0. The molecule has 0 spiro atoms. The summed E-state index contributed by atoms with van der Waals surface area (Å²) in [5, 5.41) is 18.4. The third-order valence-corrected chi connectivity index (χ3v) is 4.84. The van der Waals surface area contributed by atoms with E-state index in [9.17, 15) is 5.11 Å². The molecule has 10 nitrogen and oxygen atoms in total. The highest BCUT2D eigenvalue weighted by atomic mass is 16.5. The fourth-order valence-corrected chi connectivity index (χ4v) is 3.16. The molecule has 0 bridgehead atoms. The first-order chi connectivity index (χ1) is 15.2. The van der Waals surface area contributed by atoms with E-state index in [4.69, 9.17) is 9.47 Å². The van der Waals surface area contributed by atoms with Crippen LogP contribution >= 0.6 is 0 Å². The van der Waals surface area contributed by atoms with Gasteiger partial charge in [-0.1, -0.05) is 17.7 Å². The van der Waals surface area contributed by atoms with E-state index in [0.29, 0.717) is 23.8 Å². The van der Waals surface area contributed by atoms with Gasteiger partial charge in [0.25, 0.3) is 0 Å². The molecule has 0 aliphatic carbocycles. The Morgan fingerprint density at radius 1 is 1.19 bits per heavy atom. The lowest BCUT2D eigenvalue weighted by Crippen LogP contribution is -2.38. The molecule has 31 heavy (non-hydrogen) atoms. The molecule has 3 heterocycles. The van der Waals surface area contributed by atoms with E-state index in [2.05, 4.69) is 30.1 Å². The topological polar surface area (TPSA) is 110 Å². The summed E-state index contributed by atoms with van der Waals surface area (Å²) in [5.41, 5.74) is 1.75. The summed E-state index contributed by atoms with van der Waals surface area (Å²) in [4.78, 5) is 15.2. The normalized spacial score (nSPS) is 14.9. The standard InChI is InChI=1S/C21H25N7O3/c1-16-2-3-18(29)17(12-16)14-23-26-19-13-20(28-5-4-22-15-28)25-21(24-19)31-11-8-27-6-9-30-10-7-27/h2-5,12-13,15,29H,6-11,14H2,1H3. The van der Waals surface area contributed by atoms with Crippen molar-refractivity contribution in [3.63, 3.8) is 0 Å². The fraction of sp³-hybridized carbons (Fsp3) is 0.381. The number of aryl methyl sites for hydroxylation is 1. The fourth-order valence-electron chi connectivity index (χ4n) is 3.16. The van der Waals surface area contributed by atoms with E-state index < -0.39 is 0 Å². The second-order valence-corrected chi connectivity index (χ2v) is 7.17. The minimum Gasteiger partial charge on any atom is -0.508 e. The van der Waals surface area contributed by atoms with Gasteiger partial charge in [-0.3, -0.25) is 9.47 Å². The average molecular weight is 423 g/mol. The Hall–Kier alpha value is -3.37. The third kappa shape index (κ3) is 5.83. The lowest BCUT2D eigenvalue weighted by molar-refractivity contribution is 0.0317. The SMILES string of the molecule is Cc1ccc(O)c(CN=Nc2cc(-n3ccnc3)nc(OCCN3CCOCC3)n2)c1. The Balaban J connectivity index is 1.47. The Kier molecular flexibility index (Phi) is 6.80. The second kappa shape index (κ2) is 10.1. The molecule has 162 valence electrons. The molecule has 0 saturated carbocycles. The molecule has 1 aliphatic heterocycles. The zero-order valence-corrected chi connectivity index (χ0v) is 17.4. The van der Waals surface area contributed by atoms with Crippen molar-refractivity contribution in [2.45, 2.75) is 13.5 Å². The zero-order valence-electron chi connectivity index (χ0n) is 17.4. The van der Waals surface area contributed by atoms with E-state index in [1.807, 2.05) is 19.1 Å². The van der Waals surface area contributed by atoms with Gasteiger partial charge in [0.1, 0.15) is 24.5 Å². The van der Waals surface area contributed by atoms with Crippen LogP contribution in [0.2, 0.25) is 0 Å². The Morgan fingerprint density at radius 3 is 2.87 bits per heavy atom. The molecule has 10 heteroatoms. The summed E-state index contributed by atoms with van der Waals surface area (Å²) in [6, 6.07) is 7.31. The number of benzene rings is 1. The molecule has 1 fully saturated rings. The van der Waals surface area contributed by atoms with Crippen molar-refractivity contribution in [3.8, 4) is 17.6 Å². The smallest absolute Gasteiger partial charge is 0.320 e. The van der Waals surface area contributed by atoms with Crippen LogP contribution in [0.4, 0.5) is 5.82 Å². The van der Waals surface area contributed by atoms with Gasteiger partial charge in [-0.05, 0) is 13.0 Å². The molecule has 1 saturated heterocycles. The Morgan fingerprint density at radius 2 is 2.06 bits per heavy atom. The first-order valence-electron chi connectivity index (χ1n) is 10.1. The molecule has 3 aromatic rings. The maximum atomic E-state index is 9.98. The lowest BCUT2D eigenvalue weighted by Gasteiger charge is -2.26. The predicted molar refractivity (Wildman–Crippen MR) is 113 cm³/mol. The Bertz CT molecular complexity index is 1020. The number of hydrogen-bond donors (Lipinski definition) is 1. The molecule has 4 rings (SSSR count). The van der Waals surface area contributed by atoms with Gasteiger partial charge in [0.2, 0.25) is 0 Å². The van der Waals surface area contributed by atoms with E-state index in [-0.39, 0.29) is 18.3 Å². The lowest BCUT2D eigenvalue weighted by atomic mass is 10.1. The number of imidazole rings is 1. The van der Waals surface area contributed by atoms with Crippen LogP contribution in [-0.4, -0.2) is 69.0 Å². The number of morpholine rings is 1. The van der Waals surface area contributed by atoms with Gasteiger partial charge in [0.15, 0.2) is 5.82 Å². The molecule has 2 aromatic heterocycles. The first kappa shape index (κ1) is 20.9. The van der Waals surface area contributed by atoms with E-state index in [1.165, 1.54) is 0 Å². The predicted octanol–water partition coefficient (Wildman–Crippen LogP) is 2.67. The minimum absolute atomic E-state index is 0.193. The van der Waals surface area contributed by atoms with Crippen LogP contribution < -0.4 is 4.74 Å². The summed E-state index contributed by atoms with van der Waals surface area (Å²) in [6.07, 6.45) is 5.10. The molecule has 0 amide bonds. The first-order valence-corrected chi connectivity index (χ1v) is 10.1. The van der Waals surface area contributed by atoms with Crippen molar-refractivity contribution < 1.29 is 14.6 Å². The van der Waals surface area contributed by atoms with Crippen LogP contribution in [0.1, 0.15) is 11.1 Å². The van der Waals surface area contributed by atoms with Crippen molar-refractivity contribution in [1.29, 1.82) is 0 Å². The monoisotopic (exact) mass is 423 g/mol. The quantitative estimate of drug-likeness (QED) is 0.555.